The number of hydrogen-bond donors (Lipinski definition) is 2. The van der Waals surface area contributed by atoms with E-state index in [0.29, 0.717) is 22.4 Å². The van der Waals surface area contributed by atoms with Gasteiger partial charge in [0.25, 0.3) is 0 Å². The zero-order valence-corrected chi connectivity index (χ0v) is 13.4. The Labute approximate surface area is 136 Å². The number of thioether (sulfide) groups is 2. The molecule has 2 rings (SSSR count). The molecule has 0 aliphatic heterocycles. The van der Waals surface area contributed by atoms with Crippen molar-refractivity contribution in [1.29, 1.82) is 5.26 Å². The summed E-state index contributed by atoms with van der Waals surface area (Å²) in [5.41, 5.74) is 0.693. The molecule has 1 aromatic carbocycles. The molecule has 0 bridgehead atoms. The lowest BCUT2D eigenvalue weighted by molar-refractivity contribution is -0.113. The smallest absolute Gasteiger partial charge is 0.234 e. The van der Waals surface area contributed by atoms with Gasteiger partial charge >= 0.3 is 0 Å². The van der Waals surface area contributed by atoms with Gasteiger partial charge in [-0.2, -0.15) is 5.26 Å². The van der Waals surface area contributed by atoms with Crippen LogP contribution in [-0.2, 0) is 4.79 Å². The first-order valence-electron chi connectivity index (χ1n) is 6.30. The third-order valence-electron chi connectivity index (χ3n) is 2.62. The lowest BCUT2D eigenvalue weighted by atomic mass is 10.3. The highest BCUT2D eigenvalue weighted by molar-refractivity contribution is 8.00. The first-order chi connectivity index (χ1) is 10.6. The highest BCUT2D eigenvalue weighted by atomic mass is 32.2. The number of amides is 1. The number of nitriles is 1. The van der Waals surface area contributed by atoms with Crippen molar-refractivity contribution >= 4 is 35.1 Å². The van der Waals surface area contributed by atoms with Crippen molar-refractivity contribution in [2.75, 3.05) is 22.7 Å². The number of carbonyl (C=O) groups is 1. The number of rotatable bonds is 6. The Kier molecular flexibility index (Phi) is 5.68. The Morgan fingerprint density at radius 3 is 2.86 bits per heavy atom. The van der Waals surface area contributed by atoms with E-state index in [0.717, 1.165) is 4.90 Å². The summed E-state index contributed by atoms with van der Waals surface area (Å²) in [4.78, 5) is 12.9. The summed E-state index contributed by atoms with van der Waals surface area (Å²) in [7, 11) is 0. The molecule has 0 radical (unpaired) electrons. The Hall–Kier alpha value is -2.18. The number of nitrogens with two attached hydrogens (primary N) is 1. The van der Waals surface area contributed by atoms with E-state index in [1.807, 2.05) is 18.2 Å². The second-order valence-corrected chi connectivity index (χ2v) is 6.14. The van der Waals surface area contributed by atoms with E-state index in [-0.39, 0.29) is 11.7 Å². The van der Waals surface area contributed by atoms with Crippen LogP contribution in [0, 0.1) is 18.3 Å². The van der Waals surface area contributed by atoms with Gasteiger partial charge in [-0.05, 0) is 19.1 Å². The van der Waals surface area contributed by atoms with Crippen LogP contribution in [0.1, 0.15) is 5.82 Å². The van der Waals surface area contributed by atoms with Gasteiger partial charge in [-0.3, -0.25) is 4.79 Å². The largest absolute Gasteiger partial charge is 0.336 e. The number of nitrogen functional groups attached to an aromatic ring is 1. The van der Waals surface area contributed by atoms with E-state index in [1.165, 1.54) is 28.2 Å². The maximum Gasteiger partial charge on any atom is 0.234 e. The van der Waals surface area contributed by atoms with E-state index in [9.17, 15) is 4.79 Å². The molecular formula is C13H14N6OS2. The number of para-hydroxylation sites is 1. The molecule has 1 amide bonds. The van der Waals surface area contributed by atoms with Gasteiger partial charge in [0.15, 0.2) is 0 Å². The molecule has 0 saturated carbocycles. The van der Waals surface area contributed by atoms with Gasteiger partial charge in [-0.1, -0.05) is 23.9 Å². The van der Waals surface area contributed by atoms with Gasteiger partial charge < -0.3 is 11.2 Å². The molecule has 9 heteroatoms. The number of aryl methyl sites for hydroxylation is 1. The number of carbonyl (C=O) groups excluding carboxylic acids is 1. The summed E-state index contributed by atoms with van der Waals surface area (Å²) in [6.07, 6.45) is 0. The van der Waals surface area contributed by atoms with Crippen molar-refractivity contribution < 1.29 is 4.79 Å². The first kappa shape index (κ1) is 16.2. The van der Waals surface area contributed by atoms with Crippen LogP contribution in [0.4, 0.5) is 5.69 Å². The summed E-state index contributed by atoms with van der Waals surface area (Å²) in [5.74, 6) is 6.64. The van der Waals surface area contributed by atoms with Gasteiger partial charge in [-0.15, -0.1) is 22.0 Å². The molecule has 1 heterocycles. The van der Waals surface area contributed by atoms with Crippen molar-refractivity contribution in [3.05, 3.63) is 30.1 Å². The fourth-order valence-electron chi connectivity index (χ4n) is 1.57. The molecule has 0 aliphatic carbocycles. The summed E-state index contributed by atoms with van der Waals surface area (Å²) < 4.78 is 1.34. The van der Waals surface area contributed by atoms with Crippen molar-refractivity contribution in [1.82, 2.24) is 14.9 Å². The summed E-state index contributed by atoms with van der Waals surface area (Å²) in [6, 6.07) is 9.43. The van der Waals surface area contributed by atoms with Crippen molar-refractivity contribution in [3.8, 4) is 6.07 Å². The van der Waals surface area contributed by atoms with Gasteiger partial charge in [0.05, 0.1) is 23.3 Å². The summed E-state index contributed by atoms with van der Waals surface area (Å²) in [6.45, 7) is 1.74. The Morgan fingerprint density at radius 1 is 1.41 bits per heavy atom. The fraction of sp³-hybridized carbons (Fsp3) is 0.231. The molecule has 0 spiro atoms. The second-order valence-electron chi connectivity index (χ2n) is 4.18. The topological polar surface area (TPSA) is 110 Å². The standard InChI is InChI=1S/C13H14N6OS2/c1-9-17-18-13(19(9)15)22-8-12(20)16-10-4-2-3-5-11(10)21-7-6-14/h2-5H,7-8,15H2,1H3,(H,16,20). The van der Waals surface area contributed by atoms with Gasteiger partial charge in [0.2, 0.25) is 11.1 Å². The molecule has 7 nitrogen and oxygen atoms in total. The molecule has 0 atom stereocenters. The maximum atomic E-state index is 12.0. The van der Waals surface area contributed by atoms with Crippen LogP contribution in [0.5, 0.6) is 0 Å². The normalized spacial score (nSPS) is 10.2. The molecule has 0 saturated heterocycles. The van der Waals surface area contributed by atoms with E-state index in [2.05, 4.69) is 21.6 Å². The van der Waals surface area contributed by atoms with E-state index in [4.69, 9.17) is 11.1 Å². The number of nitrogens with zero attached hydrogens (tertiary/aromatic N) is 4. The van der Waals surface area contributed by atoms with Crippen molar-refractivity contribution in [2.45, 2.75) is 17.0 Å². The van der Waals surface area contributed by atoms with Crippen LogP contribution < -0.4 is 11.2 Å². The van der Waals surface area contributed by atoms with Gasteiger partial charge in [0.1, 0.15) is 5.82 Å². The lowest BCUT2D eigenvalue weighted by Gasteiger charge is -2.09. The van der Waals surface area contributed by atoms with Gasteiger partial charge in [-0.25, -0.2) is 4.68 Å². The quantitative estimate of drug-likeness (QED) is 0.610. The van der Waals surface area contributed by atoms with E-state index >= 15 is 0 Å². The average Bonchev–Trinajstić information content (AvgIpc) is 2.84. The number of benzene rings is 1. The van der Waals surface area contributed by atoms with Crippen LogP contribution in [0.25, 0.3) is 0 Å². The van der Waals surface area contributed by atoms with Crippen molar-refractivity contribution in [3.63, 3.8) is 0 Å². The number of nitrogens with one attached hydrogen (secondary N) is 1. The monoisotopic (exact) mass is 334 g/mol. The molecule has 0 fully saturated rings. The van der Waals surface area contributed by atoms with Gasteiger partial charge in [0, 0.05) is 4.90 Å². The van der Waals surface area contributed by atoms with Crippen molar-refractivity contribution in [2.24, 2.45) is 0 Å². The Morgan fingerprint density at radius 2 is 2.18 bits per heavy atom. The predicted molar refractivity (Wildman–Crippen MR) is 87.0 cm³/mol. The zero-order valence-electron chi connectivity index (χ0n) is 11.8. The molecule has 2 aromatic rings. The third-order valence-corrected chi connectivity index (χ3v) is 4.50. The maximum absolute atomic E-state index is 12.0. The molecule has 3 N–H and O–H groups in total. The SMILES string of the molecule is Cc1nnc(SCC(=O)Nc2ccccc2SCC#N)n1N. The van der Waals surface area contributed by atoms with E-state index < -0.39 is 0 Å². The van der Waals surface area contributed by atoms with E-state index in [1.54, 1.807) is 13.0 Å². The Balaban J connectivity index is 1.95. The second kappa shape index (κ2) is 7.72. The molecule has 0 aliphatic rings. The molecule has 0 unspecified atom stereocenters. The summed E-state index contributed by atoms with van der Waals surface area (Å²) >= 11 is 2.59. The third kappa shape index (κ3) is 4.16. The van der Waals surface area contributed by atoms with Crippen LogP contribution in [0.2, 0.25) is 0 Å². The highest BCUT2D eigenvalue weighted by Gasteiger charge is 2.11. The van der Waals surface area contributed by atoms with Crippen LogP contribution in [0.3, 0.4) is 0 Å². The first-order valence-corrected chi connectivity index (χ1v) is 8.27. The molecule has 22 heavy (non-hydrogen) atoms. The number of anilines is 1. The fourth-order valence-corrected chi connectivity index (χ4v) is 2.94. The predicted octanol–water partition coefficient (Wildman–Crippen LogP) is 1.65. The lowest BCUT2D eigenvalue weighted by Crippen LogP contribution is -2.16. The Bertz CT molecular complexity index is 709. The minimum Gasteiger partial charge on any atom is -0.336 e. The average molecular weight is 334 g/mol. The minimum atomic E-state index is -0.171. The molecular weight excluding hydrogens is 320 g/mol. The highest BCUT2D eigenvalue weighted by Crippen LogP contribution is 2.26. The van der Waals surface area contributed by atoms with Crippen LogP contribution >= 0.6 is 23.5 Å². The number of hydrogen-bond acceptors (Lipinski definition) is 7. The minimum absolute atomic E-state index is 0.171. The molecule has 114 valence electrons. The van der Waals surface area contributed by atoms with Crippen LogP contribution in [-0.4, -0.2) is 32.3 Å². The molecule has 1 aromatic heterocycles. The zero-order chi connectivity index (χ0) is 15.9. The summed E-state index contributed by atoms with van der Waals surface area (Å²) in [5, 5.41) is 19.7. The number of aromatic nitrogens is 3. The van der Waals surface area contributed by atoms with Crippen LogP contribution in [0.15, 0.2) is 34.3 Å².